The maximum Gasteiger partial charge on any atom is 0.118 e. The molecule has 1 fully saturated rings. The van der Waals surface area contributed by atoms with Crippen molar-refractivity contribution in [3.8, 4) is 0 Å². The Morgan fingerprint density at radius 1 is 1.43 bits per heavy atom. The van der Waals surface area contributed by atoms with Gasteiger partial charge in [0, 0.05) is 19.6 Å². The van der Waals surface area contributed by atoms with Crippen molar-refractivity contribution >= 4 is 17.8 Å². The molecule has 1 heterocycles. The molecule has 14 heavy (non-hydrogen) atoms. The van der Waals surface area contributed by atoms with Crippen LogP contribution in [0.3, 0.4) is 0 Å². The average molecular weight is 221 g/mol. The molecule has 0 radical (unpaired) electrons. The zero-order chi connectivity index (χ0) is 10.1. The fourth-order valence-corrected chi connectivity index (χ4v) is 1.37. The van der Waals surface area contributed by atoms with E-state index < -0.39 is 0 Å². The van der Waals surface area contributed by atoms with Gasteiger partial charge in [-0.2, -0.15) is 0 Å². The Balaban J connectivity index is 1.89. The number of nitrogens with zero attached hydrogens (tertiary/aromatic N) is 2. The molecule has 1 aliphatic heterocycles. The first-order valence-corrected chi connectivity index (χ1v) is 5.47. The van der Waals surface area contributed by atoms with Gasteiger partial charge in [0.1, 0.15) is 6.61 Å². The van der Waals surface area contributed by atoms with E-state index in [4.69, 9.17) is 21.2 Å². The van der Waals surface area contributed by atoms with E-state index in [-0.39, 0.29) is 0 Å². The summed E-state index contributed by atoms with van der Waals surface area (Å²) in [5, 5.41) is 3.67. The number of ether oxygens (including phenoxy) is 1. The Labute approximate surface area is 89.8 Å². The first-order valence-electron chi connectivity index (χ1n) is 4.93. The molecule has 0 spiro atoms. The summed E-state index contributed by atoms with van der Waals surface area (Å²) in [7, 11) is 0. The fraction of sp³-hybridized carbons (Fsp3) is 0.889. The topological polar surface area (TPSA) is 34.1 Å². The van der Waals surface area contributed by atoms with Crippen molar-refractivity contribution in [1.29, 1.82) is 0 Å². The molecule has 0 N–H and O–H groups in total. The first kappa shape index (κ1) is 11.8. The smallest absolute Gasteiger partial charge is 0.118 e. The molecule has 0 bridgehead atoms. The third-order valence-corrected chi connectivity index (χ3v) is 2.17. The van der Waals surface area contributed by atoms with Crippen molar-refractivity contribution in [2.24, 2.45) is 5.16 Å². The van der Waals surface area contributed by atoms with E-state index in [0.717, 1.165) is 39.3 Å². The SMILES string of the molecule is ClCC=NOCCCN1CCOCC1. The lowest BCUT2D eigenvalue weighted by Gasteiger charge is -2.26. The highest BCUT2D eigenvalue weighted by Crippen LogP contribution is 1.97. The summed E-state index contributed by atoms with van der Waals surface area (Å²) in [5.74, 6) is 0.406. The number of hydrogen-bond donors (Lipinski definition) is 0. The van der Waals surface area contributed by atoms with Gasteiger partial charge in [-0.25, -0.2) is 0 Å². The second kappa shape index (κ2) is 8.03. The Bertz CT molecular complexity index is 161. The largest absolute Gasteiger partial charge is 0.396 e. The highest BCUT2D eigenvalue weighted by Gasteiger charge is 2.08. The van der Waals surface area contributed by atoms with Crippen LogP contribution in [0.25, 0.3) is 0 Å². The van der Waals surface area contributed by atoms with Crippen molar-refractivity contribution in [1.82, 2.24) is 4.90 Å². The maximum absolute atomic E-state index is 5.38. The van der Waals surface area contributed by atoms with Gasteiger partial charge < -0.3 is 9.57 Å². The van der Waals surface area contributed by atoms with Crippen LogP contribution < -0.4 is 0 Å². The van der Waals surface area contributed by atoms with Gasteiger partial charge in [0.2, 0.25) is 0 Å². The zero-order valence-electron chi connectivity index (χ0n) is 8.32. The normalized spacial score (nSPS) is 18.9. The number of halogens is 1. The molecule has 0 aliphatic carbocycles. The molecule has 0 aromatic heterocycles. The van der Waals surface area contributed by atoms with E-state index in [9.17, 15) is 0 Å². The molecule has 0 aromatic carbocycles. The third kappa shape index (κ3) is 5.42. The van der Waals surface area contributed by atoms with E-state index in [1.807, 2.05) is 0 Å². The van der Waals surface area contributed by atoms with Crippen LogP contribution in [0.2, 0.25) is 0 Å². The minimum absolute atomic E-state index is 0.406. The highest BCUT2D eigenvalue weighted by atomic mass is 35.5. The quantitative estimate of drug-likeness (QED) is 0.289. The van der Waals surface area contributed by atoms with Crippen molar-refractivity contribution in [2.45, 2.75) is 6.42 Å². The monoisotopic (exact) mass is 220 g/mol. The van der Waals surface area contributed by atoms with E-state index in [2.05, 4.69) is 10.1 Å². The minimum atomic E-state index is 0.406. The van der Waals surface area contributed by atoms with Crippen LogP contribution in [-0.2, 0) is 9.57 Å². The molecule has 0 saturated carbocycles. The van der Waals surface area contributed by atoms with Crippen LogP contribution in [0.1, 0.15) is 6.42 Å². The van der Waals surface area contributed by atoms with Gasteiger partial charge in [0.25, 0.3) is 0 Å². The van der Waals surface area contributed by atoms with E-state index in [1.165, 1.54) is 0 Å². The molecule has 1 saturated heterocycles. The van der Waals surface area contributed by atoms with Crippen molar-refractivity contribution < 1.29 is 9.57 Å². The number of oxime groups is 1. The predicted octanol–water partition coefficient (Wildman–Crippen LogP) is 0.950. The number of morpholine rings is 1. The summed E-state index contributed by atoms with van der Waals surface area (Å²) in [5.41, 5.74) is 0. The van der Waals surface area contributed by atoms with Crippen LogP contribution in [0.15, 0.2) is 5.16 Å². The Morgan fingerprint density at radius 3 is 2.93 bits per heavy atom. The van der Waals surface area contributed by atoms with Crippen molar-refractivity contribution in [3.63, 3.8) is 0 Å². The van der Waals surface area contributed by atoms with E-state index in [1.54, 1.807) is 6.21 Å². The van der Waals surface area contributed by atoms with Crippen LogP contribution >= 0.6 is 11.6 Å². The van der Waals surface area contributed by atoms with Crippen LogP contribution in [0.4, 0.5) is 0 Å². The lowest BCUT2D eigenvalue weighted by molar-refractivity contribution is 0.0323. The Morgan fingerprint density at radius 2 is 2.21 bits per heavy atom. The predicted molar refractivity (Wildman–Crippen MR) is 57.0 cm³/mol. The van der Waals surface area contributed by atoms with Gasteiger partial charge >= 0.3 is 0 Å². The van der Waals surface area contributed by atoms with Gasteiger partial charge in [-0.15, -0.1) is 11.6 Å². The van der Waals surface area contributed by atoms with Crippen LogP contribution in [0.5, 0.6) is 0 Å². The Kier molecular flexibility index (Phi) is 6.74. The number of rotatable bonds is 6. The molecule has 1 rings (SSSR count). The number of hydrogen-bond acceptors (Lipinski definition) is 4. The molecule has 1 aliphatic rings. The van der Waals surface area contributed by atoms with Gasteiger partial charge in [0.15, 0.2) is 0 Å². The molecule has 82 valence electrons. The van der Waals surface area contributed by atoms with Gasteiger partial charge in [0.05, 0.1) is 25.3 Å². The van der Waals surface area contributed by atoms with Crippen molar-refractivity contribution in [3.05, 3.63) is 0 Å². The molecular weight excluding hydrogens is 204 g/mol. The van der Waals surface area contributed by atoms with E-state index >= 15 is 0 Å². The summed E-state index contributed by atoms with van der Waals surface area (Å²) in [6, 6.07) is 0. The van der Waals surface area contributed by atoms with Gasteiger partial charge in [-0.1, -0.05) is 5.16 Å². The number of alkyl halides is 1. The van der Waals surface area contributed by atoms with Gasteiger partial charge in [-0.3, -0.25) is 4.90 Å². The second-order valence-electron chi connectivity index (χ2n) is 3.08. The standard InChI is InChI=1S/C9H17ClN2O2/c10-2-3-11-14-7-1-4-12-5-8-13-9-6-12/h3H,1-2,4-9H2. The lowest BCUT2D eigenvalue weighted by atomic mass is 10.3. The zero-order valence-corrected chi connectivity index (χ0v) is 9.08. The molecule has 0 unspecified atom stereocenters. The summed E-state index contributed by atoms with van der Waals surface area (Å²) in [6.07, 6.45) is 2.55. The summed E-state index contributed by atoms with van der Waals surface area (Å²) in [4.78, 5) is 7.37. The summed E-state index contributed by atoms with van der Waals surface area (Å²) >= 11 is 5.38. The third-order valence-electron chi connectivity index (χ3n) is 2.03. The molecule has 0 aromatic rings. The van der Waals surface area contributed by atoms with E-state index in [0.29, 0.717) is 12.5 Å². The van der Waals surface area contributed by atoms with Crippen LogP contribution in [-0.4, -0.2) is 56.4 Å². The molecule has 5 heteroatoms. The average Bonchev–Trinajstić information content (AvgIpc) is 2.25. The second-order valence-corrected chi connectivity index (χ2v) is 3.39. The van der Waals surface area contributed by atoms with Crippen molar-refractivity contribution in [2.75, 3.05) is 45.3 Å². The Hall–Kier alpha value is -0.320. The lowest BCUT2D eigenvalue weighted by Crippen LogP contribution is -2.37. The molecule has 0 amide bonds. The molecule has 0 atom stereocenters. The summed E-state index contributed by atoms with van der Waals surface area (Å²) in [6.45, 7) is 5.48. The fourth-order valence-electron chi connectivity index (χ4n) is 1.31. The molecule has 4 nitrogen and oxygen atoms in total. The van der Waals surface area contributed by atoms with Gasteiger partial charge in [-0.05, 0) is 6.42 Å². The van der Waals surface area contributed by atoms with Crippen LogP contribution in [0, 0.1) is 0 Å². The summed E-state index contributed by atoms with van der Waals surface area (Å²) < 4.78 is 5.25. The first-order chi connectivity index (χ1) is 6.93. The minimum Gasteiger partial charge on any atom is -0.396 e. The highest BCUT2D eigenvalue weighted by molar-refractivity contribution is 6.24. The maximum atomic E-state index is 5.38. The molecular formula is C9H17ClN2O2.